The van der Waals surface area contributed by atoms with E-state index in [1.807, 2.05) is 0 Å². The zero-order valence-electron chi connectivity index (χ0n) is 14.2. The standard InChI is InChI=1S/C20H30ClN/c1-20(2)11-10-17(15-22-12-4-3-5-13-22)19(14-20)16-6-8-18(21)9-7-16/h6-9,17,19H,3-5,10-15H2,1-2H3/t17-,19-/m0/s1. The summed E-state index contributed by atoms with van der Waals surface area (Å²) in [6.07, 6.45) is 8.27. The highest BCUT2D eigenvalue weighted by atomic mass is 35.5. The lowest BCUT2D eigenvalue weighted by Gasteiger charge is -2.43. The smallest absolute Gasteiger partial charge is 0.0406 e. The number of hydrogen-bond acceptors (Lipinski definition) is 1. The summed E-state index contributed by atoms with van der Waals surface area (Å²) in [4.78, 5) is 2.72. The molecule has 1 aromatic rings. The summed E-state index contributed by atoms with van der Waals surface area (Å²) in [5, 5.41) is 0.853. The zero-order valence-corrected chi connectivity index (χ0v) is 14.9. The van der Waals surface area contributed by atoms with Crippen LogP contribution in [0.25, 0.3) is 0 Å². The number of benzene rings is 1. The molecule has 122 valence electrons. The normalized spacial score (nSPS) is 29.4. The summed E-state index contributed by atoms with van der Waals surface area (Å²) in [5.41, 5.74) is 1.97. The largest absolute Gasteiger partial charge is 0.303 e. The van der Waals surface area contributed by atoms with E-state index in [0.717, 1.165) is 10.9 Å². The van der Waals surface area contributed by atoms with E-state index in [9.17, 15) is 0 Å². The predicted molar refractivity (Wildman–Crippen MR) is 95.6 cm³/mol. The first kappa shape index (κ1) is 16.3. The van der Waals surface area contributed by atoms with Crippen molar-refractivity contribution in [1.29, 1.82) is 0 Å². The lowest BCUT2D eigenvalue weighted by atomic mass is 9.65. The molecule has 2 aliphatic rings. The van der Waals surface area contributed by atoms with Crippen molar-refractivity contribution in [2.45, 2.75) is 58.3 Å². The second-order valence-corrected chi connectivity index (χ2v) is 8.62. The van der Waals surface area contributed by atoms with Crippen LogP contribution in [0.15, 0.2) is 24.3 Å². The summed E-state index contributed by atoms with van der Waals surface area (Å²) in [7, 11) is 0. The topological polar surface area (TPSA) is 3.24 Å². The highest BCUT2D eigenvalue weighted by Gasteiger charge is 2.36. The van der Waals surface area contributed by atoms with Gasteiger partial charge in [0.1, 0.15) is 0 Å². The molecule has 1 saturated carbocycles. The monoisotopic (exact) mass is 319 g/mol. The fourth-order valence-corrected chi connectivity index (χ4v) is 4.56. The molecule has 1 aliphatic carbocycles. The third-order valence-electron chi connectivity index (χ3n) is 5.77. The third kappa shape index (κ3) is 4.06. The predicted octanol–water partition coefficient (Wildman–Crippen LogP) is 5.74. The molecule has 1 saturated heterocycles. The molecule has 1 nitrogen and oxygen atoms in total. The number of nitrogens with zero attached hydrogens (tertiary/aromatic N) is 1. The maximum absolute atomic E-state index is 6.09. The first-order valence-corrected chi connectivity index (χ1v) is 9.39. The molecule has 1 heterocycles. The van der Waals surface area contributed by atoms with E-state index in [2.05, 4.69) is 43.0 Å². The van der Waals surface area contributed by atoms with Gasteiger partial charge in [-0.25, -0.2) is 0 Å². The van der Waals surface area contributed by atoms with Gasteiger partial charge in [0.25, 0.3) is 0 Å². The van der Waals surface area contributed by atoms with Gasteiger partial charge in [-0.05, 0) is 80.1 Å². The van der Waals surface area contributed by atoms with E-state index in [0.29, 0.717) is 11.3 Å². The van der Waals surface area contributed by atoms with E-state index >= 15 is 0 Å². The molecule has 2 atom stereocenters. The van der Waals surface area contributed by atoms with E-state index in [4.69, 9.17) is 11.6 Å². The molecular formula is C20H30ClN. The van der Waals surface area contributed by atoms with Gasteiger partial charge < -0.3 is 4.90 Å². The lowest BCUT2D eigenvalue weighted by molar-refractivity contribution is 0.111. The lowest BCUT2D eigenvalue weighted by Crippen LogP contribution is -2.39. The Morgan fingerprint density at radius 2 is 1.77 bits per heavy atom. The van der Waals surface area contributed by atoms with Gasteiger partial charge in [-0.1, -0.05) is 44.0 Å². The van der Waals surface area contributed by atoms with Crippen LogP contribution in [0.2, 0.25) is 5.02 Å². The highest BCUT2D eigenvalue weighted by Crippen LogP contribution is 2.47. The molecule has 0 bridgehead atoms. The molecule has 2 heteroatoms. The van der Waals surface area contributed by atoms with Crippen LogP contribution in [0.4, 0.5) is 0 Å². The van der Waals surface area contributed by atoms with Gasteiger partial charge in [0.15, 0.2) is 0 Å². The first-order valence-electron chi connectivity index (χ1n) is 9.01. The van der Waals surface area contributed by atoms with E-state index in [1.54, 1.807) is 0 Å². The minimum absolute atomic E-state index is 0.475. The molecule has 0 spiro atoms. The van der Waals surface area contributed by atoms with Gasteiger partial charge in [0, 0.05) is 11.6 Å². The van der Waals surface area contributed by atoms with Crippen molar-refractivity contribution < 1.29 is 0 Å². The number of hydrogen-bond donors (Lipinski definition) is 0. The molecular weight excluding hydrogens is 290 g/mol. The zero-order chi connectivity index (χ0) is 15.6. The van der Waals surface area contributed by atoms with Crippen molar-refractivity contribution >= 4 is 11.6 Å². The van der Waals surface area contributed by atoms with Gasteiger partial charge >= 0.3 is 0 Å². The minimum Gasteiger partial charge on any atom is -0.303 e. The fourth-order valence-electron chi connectivity index (χ4n) is 4.43. The van der Waals surface area contributed by atoms with Crippen molar-refractivity contribution in [3.8, 4) is 0 Å². The number of rotatable bonds is 3. The van der Waals surface area contributed by atoms with Crippen LogP contribution < -0.4 is 0 Å². The average Bonchev–Trinajstić information content (AvgIpc) is 2.51. The van der Waals surface area contributed by atoms with Crippen molar-refractivity contribution in [3.63, 3.8) is 0 Å². The Morgan fingerprint density at radius 3 is 2.45 bits per heavy atom. The van der Waals surface area contributed by atoms with E-state index in [1.165, 1.54) is 63.7 Å². The number of piperidine rings is 1. The van der Waals surface area contributed by atoms with Crippen LogP contribution in [-0.4, -0.2) is 24.5 Å². The minimum atomic E-state index is 0.475. The second-order valence-electron chi connectivity index (χ2n) is 8.19. The quantitative estimate of drug-likeness (QED) is 0.687. The maximum Gasteiger partial charge on any atom is 0.0406 e. The summed E-state index contributed by atoms with van der Waals surface area (Å²) >= 11 is 6.09. The Kier molecular flexibility index (Phi) is 5.14. The van der Waals surface area contributed by atoms with Crippen LogP contribution in [0, 0.1) is 11.3 Å². The Bertz CT molecular complexity index is 473. The highest BCUT2D eigenvalue weighted by molar-refractivity contribution is 6.30. The average molecular weight is 320 g/mol. The van der Waals surface area contributed by atoms with Gasteiger partial charge in [-0.15, -0.1) is 0 Å². The van der Waals surface area contributed by atoms with Gasteiger partial charge in [-0.3, -0.25) is 0 Å². The molecule has 0 unspecified atom stereocenters. The van der Waals surface area contributed by atoms with Gasteiger partial charge in [-0.2, -0.15) is 0 Å². The third-order valence-corrected chi connectivity index (χ3v) is 6.02. The number of halogens is 1. The van der Waals surface area contributed by atoms with Crippen LogP contribution in [0.3, 0.4) is 0 Å². The Balaban J connectivity index is 1.75. The Hall–Kier alpha value is -0.530. The Labute approximate surface area is 141 Å². The fraction of sp³-hybridized carbons (Fsp3) is 0.700. The molecule has 22 heavy (non-hydrogen) atoms. The molecule has 0 aromatic heterocycles. The van der Waals surface area contributed by atoms with Crippen LogP contribution in [0.1, 0.15) is 63.9 Å². The second kappa shape index (κ2) is 6.93. The van der Waals surface area contributed by atoms with E-state index < -0.39 is 0 Å². The van der Waals surface area contributed by atoms with Gasteiger partial charge in [0.2, 0.25) is 0 Å². The summed E-state index contributed by atoms with van der Waals surface area (Å²) in [6, 6.07) is 8.65. The molecule has 1 aromatic carbocycles. The first-order chi connectivity index (χ1) is 10.5. The Morgan fingerprint density at radius 1 is 1.09 bits per heavy atom. The van der Waals surface area contributed by atoms with Crippen LogP contribution >= 0.6 is 11.6 Å². The van der Waals surface area contributed by atoms with Crippen LogP contribution in [0.5, 0.6) is 0 Å². The molecule has 3 rings (SSSR count). The SMILES string of the molecule is CC1(C)CC[C@@H](CN2CCCCC2)[C@H](c2ccc(Cl)cc2)C1. The van der Waals surface area contributed by atoms with Crippen molar-refractivity contribution in [2.75, 3.05) is 19.6 Å². The van der Waals surface area contributed by atoms with Crippen molar-refractivity contribution in [3.05, 3.63) is 34.9 Å². The number of likely N-dealkylation sites (tertiary alicyclic amines) is 1. The molecule has 0 N–H and O–H groups in total. The molecule has 0 radical (unpaired) electrons. The summed E-state index contributed by atoms with van der Waals surface area (Å²) in [6.45, 7) is 8.80. The van der Waals surface area contributed by atoms with Gasteiger partial charge in [0.05, 0.1) is 0 Å². The van der Waals surface area contributed by atoms with Crippen molar-refractivity contribution in [2.24, 2.45) is 11.3 Å². The summed E-state index contributed by atoms with van der Waals surface area (Å²) < 4.78 is 0. The van der Waals surface area contributed by atoms with E-state index in [-0.39, 0.29) is 0 Å². The molecule has 1 aliphatic heterocycles. The molecule has 2 fully saturated rings. The van der Waals surface area contributed by atoms with Crippen LogP contribution in [-0.2, 0) is 0 Å². The van der Waals surface area contributed by atoms with Crippen molar-refractivity contribution in [1.82, 2.24) is 4.90 Å². The maximum atomic E-state index is 6.09. The molecule has 0 amide bonds. The summed E-state index contributed by atoms with van der Waals surface area (Å²) in [5.74, 6) is 1.51.